The molecule has 0 atom stereocenters. The van der Waals surface area contributed by atoms with E-state index < -0.39 is 0 Å². The third-order valence-electron chi connectivity index (χ3n) is 3.03. The fourth-order valence-corrected chi connectivity index (χ4v) is 4.89. The molecule has 0 aliphatic carbocycles. The van der Waals surface area contributed by atoms with Crippen LogP contribution < -0.4 is 0 Å². The van der Waals surface area contributed by atoms with E-state index in [0.29, 0.717) is 15.6 Å². The Morgan fingerprint density at radius 1 is 1.21 bits per heavy atom. The highest BCUT2D eigenvalue weighted by Crippen LogP contribution is 2.33. The third-order valence-corrected chi connectivity index (χ3v) is 5.82. The van der Waals surface area contributed by atoms with E-state index in [9.17, 15) is 4.79 Å². The Bertz CT molecular complexity index is 625. The molecule has 0 unspecified atom stereocenters. The summed E-state index contributed by atoms with van der Waals surface area (Å²) in [6.45, 7) is 0. The van der Waals surface area contributed by atoms with E-state index in [1.807, 2.05) is 17.8 Å². The standard InChI is InChI=1S/C14H10Cl2OS2/c15-9-1-2-10(11(16)6-9)14(17)13-5-8-7-18-4-3-12(8)19-13/h1-2,5-6H,3-4,7H2. The van der Waals surface area contributed by atoms with E-state index in [4.69, 9.17) is 23.2 Å². The van der Waals surface area contributed by atoms with Crippen LogP contribution in [0.5, 0.6) is 0 Å². The van der Waals surface area contributed by atoms with Gasteiger partial charge in [-0.3, -0.25) is 4.79 Å². The zero-order valence-corrected chi connectivity index (χ0v) is 13.1. The van der Waals surface area contributed by atoms with Gasteiger partial charge in [-0.15, -0.1) is 11.3 Å². The maximum absolute atomic E-state index is 12.5. The highest BCUT2D eigenvalue weighted by molar-refractivity contribution is 7.98. The summed E-state index contributed by atoms with van der Waals surface area (Å²) in [4.78, 5) is 14.6. The summed E-state index contributed by atoms with van der Waals surface area (Å²) in [5, 5.41) is 0.960. The van der Waals surface area contributed by atoms with Crippen molar-refractivity contribution in [2.75, 3.05) is 5.75 Å². The summed E-state index contributed by atoms with van der Waals surface area (Å²) in [7, 11) is 0. The van der Waals surface area contributed by atoms with Gasteiger partial charge in [0.1, 0.15) is 0 Å². The van der Waals surface area contributed by atoms with Crippen molar-refractivity contribution in [2.24, 2.45) is 0 Å². The number of rotatable bonds is 2. The highest BCUT2D eigenvalue weighted by atomic mass is 35.5. The van der Waals surface area contributed by atoms with Crippen LogP contribution >= 0.6 is 46.3 Å². The number of halogens is 2. The quantitative estimate of drug-likeness (QED) is 0.715. The minimum absolute atomic E-state index is 0.00827. The predicted molar refractivity (Wildman–Crippen MR) is 84.1 cm³/mol. The van der Waals surface area contributed by atoms with Crippen LogP contribution in [0.15, 0.2) is 24.3 Å². The normalized spacial score (nSPS) is 14.2. The van der Waals surface area contributed by atoms with E-state index >= 15 is 0 Å². The lowest BCUT2D eigenvalue weighted by Gasteiger charge is -2.08. The van der Waals surface area contributed by atoms with Gasteiger partial charge >= 0.3 is 0 Å². The molecule has 19 heavy (non-hydrogen) atoms. The van der Waals surface area contributed by atoms with E-state index in [1.165, 1.54) is 10.4 Å². The van der Waals surface area contributed by atoms with E-state index in [-0.39, 0.29) is 5.78 Å². The number of hydrogen-bond donors (Lipinski definition) is 0. The van der Waals surface area contributed by atoms with Crippen LogP contribution in [0.1, 0.15) is 25.7 Å². The average Bonchev–Trinajstić information content (AvgIpc) is 2.81. The molecule has 1 aliphatic heterocycles. The minimum Gasteiger partial charge on any atom is -0.288 e. The van der Waals surface area contributed by atoms with Crippen LogP contribution in [0.3, 0.4) is 0 Å². The summed E-state index contributed by atoms with van der Waals surface area (Å²) in [6.07, 6.45) is 1.06. The van der Waals surface area contributed by atoms with Crippen LogP contribution in [-0.2, 0) is 12.2 Å². The van der Waals surface area contributed by atoms with E-state index in [1.54, 1.807) is 29.5 Å². The molecule has 5 heteroatoms. The van der Waals surface area contributed by atoms with Crippen molar-refractivity contribution >= 4 is 52.1 Å². The van der Waals surface area contributed by atoms with Gasteiger partial charge in [0.2, 0.25) is 5.78 Å². The number of ketones is 1. The number of fused-ring (bicyclic) bond motifs is 1. The zero-order chi connectivity index (χ0) is 13.4. The lowest BCUT2D eigenvalue weighted by atomic mass is 10.1. The molecule has 2 aromatic rings. The molecule has 0 radical (unpaired) electrons. The number of aryl methyl sites for hydroxylation is 1. The molecule has 1 nitrogen and oxygen atoms in total. The molecular formula is C14H10Cl2OS2. The van der Waals surface area contributed by atoms with Crippen molar-refractivity contribution in [1.82, 2.24) is 0 Å². The lowest BCUT2D eigenvalue weighted by molar-refractivity contribution is 0.104. The number of thioether (sulfide) groups is 1. The second-order valence-corrected chi connectivity index (χ2v) is 7.40. The van der Waals surface area contributed by atoms with Crippen molar-refractivity contribution in [3.05, 3.63) is 55.2 Å². The van der Waals surface area contributed by atoms with Gasteiger partial charge in [-0.2, -0.15) is 11.8 Å². The van der Waals surface area contributed by atoms with Crippen molar-refractivity contribution in [2.45, 2.75) is 12.2 Å². The summed E-state index contributed by atoms with van der Waals surface area (Å²) < 4.78 is 0. The first-order valence-corrected chi connectivity index (χ1v) is 8.57. The fourth-order valence-electron chi connectivity index (χ4n) is 2.07. The SMILES string of the molecule is O=C(c1cc2c(s1)CCSC2)c1ccc(Cl)cc1Cl. The Morgan fingerprint density at radius 3 is 2.79 bits per heavy atom. The first kappa shape index (κ1) is 13.5. The Hall–Kier alpha value is -0.480. The van der Waals surface area contributed by atoms with Crippen molar-refractivity contribution < 1.29 is 4.79 Å². The number of carbonyl (C=O) groups is 1. The van der Waals surface area contributed by atoms with Gasteiger partial charge in [-0.25, -0.2) is 0 Å². The molecule has 3 rings (SSSR count). The Morgan fingerprint density at radius 2 is 2.05 bits per heavy atom. The van der Waals surface area contributed by atoms with Crippen LogP contribution in [0, 0.1) is 0 Å². The maximum Gasteiger partial charge on any atom is 0.204 e. The Kier molecular flexibility index (Phi) is 3.90. The first-order chi connectivity index (χ1) is 9.15. The summed E-state index contributed by atoms with van der Waals surface area (Å²) in [5.74, 6) is 2.14. The van der Waals surface area contributed by atoms with Crippen LogP contribution in [-0.4, -0.2) is 11.5 Å². The second kappa shape index (κ2) is 5.49. The first-order valence-electron chi connectivity index (χ1n) is 5.84. The molecule has 0 saturated carbocycles. The molecule has 0 fully saturated rings. The average molecular weight is 329 g/mol. The van der Waals surface area contributed by atoms with Crippen LogP contribution in [0.2, 0.25) is 10.0 Å². The van der Waals surface area contributed by atoms with Crippen LogP contribution in [0.25, 0.3) is 0 Å². The fraction of sp³-hybridized carbons (Fsp3) is 0.214. The highest BCUT2D eigenvalue weighted by Gasteiger charge is 2.20. The monoisotopic (exact) mass is 328 g/mol. The Labute approximate surface area is 129 Å². The molecule has 0 spiro atoms. The second-order valence-electron chi connectivity index (χ2n) is 4.31. The number of carbonyl (C=O) groups excluding carboxylic acids is 1. The predicted octanol–water partition coefficient (Wildman–Crippen LogP) is 5.08. The van der Waals surface area contributed by atoms with Crippen molar-refractivity contribution in [1.29, 1.82) is 0 Å². The summed E-state index contributed by atoms with van der Waals surface area (Å²) >= 11 is 15.5. The largest absolute Gasteiger partial charge is 0.288 e. The van der Waals surface area contributed by atoms with Gasteiger partial charge in [0, 0.05) is 21.2 Å². The maximum atomic E-state index is 12.5. The molecule has 1 aromatic heterocycles. The molecule has 2 heterocycles. The summed E-state index contributed by atoms with van der Waals surface area (Å²) in [5.41, 5.74) is 1.83. The molecule has 1 aromatic carbocycles. The Balaban J connectivity index is 1.97. The van der Waals surface area contributed by atoms with E-state index in [2.05, 4.69) is 0 Å². The zero-order valence-electron chi connectivity index (χ0n) is 9.91. The van der Waals surface area contributed by atoms with Gasteiger partial charge in [0.15, 0.2) is 0 Å². The van der Waals surface area contributed by atoms with E-state index in [0.717, 1.165) is 22.8 Å². The smallest absolute Gasteiger partial charge is 0.204 e. The molecule has 0 amide bonds. The third kappa shape index (κ3) is 2.70. The number of hydrogen-bond acceptors (Lipinski definition) is 3. The lowest BCUT2D eigenvalue weighted by Crippen LogP contribution is -1.99. The molecule has 98 valence electrons. The molecule has 1 aliphatic rings. The van der Waals surface area contributed by atoms with Crippen molar-refractivity contribution in [3.63, 3.8) is 0 Å². The van der Waals surface area contributed by atoms with Gasteiger partial charge in [-0.05, 0) is 42.0 Å². The minimum atomic E-state index is -0.00827. The van der Waals surface area contributed by atoms with Crippen LogP contribution in [0.4, 0.5) is 0 Å². The van der Waals surface area contributed by atoms with Gasteiger partial charge < -0.3 is 0 Å². The van der Waals surface area contributed by atoms with Gasteiger partial charge in [0.25, 0.3) is 0 Å². The van der Waals surface area contributed by atoms with Crippen molar-refractivity contribution in [3.8, 4) is 0 Å². The van der Waals surface area contributed by atoms with Gasteiger partial charge in [-0.1, -0.05) is 23.2 Å². The number of thiophene rings is 1. The number of benzene rings is 1. The topological polar surface area (TPSA) is 17.1 Å². The van der Waals surface area contributed by atoms with Gasteiger partial charge in [0.05, 0.1) is 9.90 Å². The molecular weight excluding hydrogens is 319 g/mol. The molecule has 0 N–H and O–H groups in total. The molecule has 0 saturated heterocycles. The summed E-state index contributed by atoms with van der Waals surface area (Å²) in [6, 6.07) is 7.02. The molecule has 0 bridgehead atoms.